The minimum atomic E-state index is -2.52. The third-order valence-corrected chi connectivity index (χ3v) is 1.10. The molecule has 2 unspecified atom stereocenters. The molecule has 0 aliphatic carbocycles. The average Bonchev–Trinajstić information content (AvgIpc) is 1.82. The smallest absolute Gasteiger partial charge is 0.325 e. The van der Waals surface area contributed by atoms with E-state index in [1.807, 2.05) is 0 Å². The van der Waals surface area contributed by atoms with Crippen LogP contribution in [0.1, 0.15) is 6.92 Å². The van der Waals surface area contributed by atoms with Gasteiger partial charge < -0.3 is 15.9 Å². The second-order valence-corrected chi connectivity index (χ2v) is 2.19. The van der Waals surface area contributed by atoms with Crippen molar-refractivity contribution in [3.8, 4) is 0 Å². The van der Waals surface area contributed by atoms with Crippen LogP contribution in [0, 0.1) is 10.1 Å². The lowest BCUT2D eigenvalue weighted by atomic mass is 10.1. The Morgan fingerprint density at radius 3 is 2.50 bits per heavy atom. The number of hydrogen-bond acceptors (Lipinski definition) is 6. The second-order valence-electron chi connectivity index (χ2n) is 2.19. The van der Waals surface area contributed by atoms with Gasteiger partial charge in [-0.3, -0.25) is 9.63 Å². The highest BCUT2D eigenvalue weighted by atomic mass is 17.0. The molecule has 70 valence electrons. The Labute approximate surface area is 66.6 Å². The Balaban J connectivity index is 4.38. The van der Waals surface area contributed by atoms with Gasteiger partial charge in [-0.1, -0.05) is 0 Å². The highest BCUT2D eigenvalue weighted by Crippen LogP contribution is 2.09. The molecule has 0 saturated carbocycles. The molecule has 0 radical (unpaired) electrons. The number of aliphatic hydroxyl groups is 1. The van der Waals surface area contributed by atoms with Crippen molar-refractivity contribution in [3.05, 3.63) is 10.1 Å². The molecular formula is C4H8N2O6. The molecule has 2 atom stereocenters. The molecule has 0 spiro atoms. The van der Waals surface area contributed by atoms with E-state index in [1.165, 1.54) is 0 Å². The van der Waals surface area contributed by atoms with Crippen LogP contribution >= 0.6 is 0 Å². The summed E-state index contributed by atoms with van der Waals surface area (Å²) in [6.07, 6.45) is 0. The number of aliphatic carboxylic acids is 1. The number of nitrogens with zero attached hydrogens (tertiary/aromatic N) is 1. The molecule has 8 heteroatoms. The molecule has 0 aliphatic heterocycles. The lowest BCUT2D eigenvalue weighted by Gasteiger charge is -2.23. The molecule has 0 bridgehead atoms. The molecule has 0 amide bonds. The van der Waals surface area contributed by atoms with E-state index < -0.39 is 22.9 Å². The van der Waals surface area contributed by atoms with Crippen LogP contribution in [0.5, 0.6) is 0 Å². The lowest BCUT2D eigenvalue weighted by molar-refractivity contribution is -0.794. The topological polar surface area (TPSA) is 136 Å². The molecule has 0 heterocycles. The number of nitrogens with two attached hydrogens (primary N) is 1. The van der Waals surface area contributed by atoms with Gasteiger partial charge in [-0.15, -0.1) is 10.1 Å². The average molecular weight is 180 g/mol. The van der Waals surface area contributed by atoms with E-state index in [9.17, 15) is 14.9 Å². The van der Waals surface area contributed by atoms with Gasteiger partial charge in [-0.05, 0) is 6.92 Å². The van der Waals surface area contributed by atoms with Crippen molar-refractivity contribution in [1.82, 2.24) is 0 Å². The zero-order valence-electron chi connectivity index (χ0n) is 6.13. The molecule has 8 nitrogen and oxygen atoms in total. The first-order chi connectivity index (χ1) is 5.27. The van der Waals surface area contributed by atoms with E-state index in [-0.39, 0.29) is 0 Å². The molecule has 0 saturated heterocycles. The number of hydrogen-bond donors (Lipinski definition) is 3. The van der Waals surface area contributed by atoms with Crippen LogP contribution < -0.4 is 5.73 Å². The van der Waals surface area contributed by atoms with Gasteiger partial charge in [-0.25, -0.2) is 0 Å². The summed E-state index contributed by atoms with van der Waals surface area (Å²) in [5.74, 6) is -4.11. The summed E-state index contributed by atoms with van der Waals surface area (Å²) in [5, 5.41) is 25.6. The highest BCUT2D eigenvalue weighted by Gasteiger charge is 2.38. The van der Waals surface area contributed by atoms with Crippen molar-refractivity contribution < 1.29 is 24.9 Å². The number of rotatable bonds is 4. The van der Waals surface area contributed by atoms with Gasteiger partial charge in [-0.2, -0.15) is 0 Å². The molecule has 4 N–H and O–H groups in total. The van der Waals surface area contributed by atoms with Crippen LogP contribution in [0.15, 0.2) is 0 Å². The summed E-state index contributed by atoms with van der Waals surface area (Å²) in [4.78, 5) is 23.5. The van der Waals surface area contributed by atoms with Crippen LogP contribution in [0.2, 0.25) is 0 Å². The van der Waals surface area contributed by atoms with Gasteiger partial charge in [0.25, 0.3) is 5.09 Å². The summed E-state index contributed by atoms with van der Waals surface area (Å²) >= 11 is 0. The maximum Gasteiger partial charge on any atom is 0.325 e. The van der Waals surface area contributed by atoms with E-state index in [0.717, 1.165) is 6.92 Å². The summed E-state index contributed by atoms with van der Waals surface area (Å²) in [5.41, 5.74) is 4.86. The Morgan fingerprint density at radius 2 is 2.25 bits per heavy atom. The zero-order chi connectivity index (χ0) is 9.94. The summed E-state index contributed by atoms with van der Waals surface area (Å²) in [6, 6.07) is -1.87. The van der Waals surface area contributed by atoms with E-state index in [4.69, 9.17) is 15.9 Å². The fourth-order valence-corrected chi connectivity index (χ4v) is 0.437. The van der Waals surface area contributed by atoms with Crippen LogP contribution in [0.3, 0.4) is 0 Å². The molecule has 0 rings (SSSR count). The van der Waals surface area contributed by atoms with Gasteiger partial charge >= 0.3 is 5.97 Å². The molecule has 0 aromatic rings. The third kappa shape index (κ3) is 2.68. The maximum absolute atomic E-state index is 10.1. The fraction of sp³-hybridized carbons (Fsp3) is 0.750. The fourth-order valence-electron chi connectivity index (χ4n) is 0.437. The molecule has 0 aliphatic rings. The minimum absolute atomic E-state index is 0.786. The maximum atomic E-state index is 10.1. The van der Waals surface area contributed by atoms with Crippen molar-refractivity contribution in [2.75, 3.05) is 0 Å². The Hall–Kier alpha value is -1.41. The van der Waals surface area contributed by atoms with Crippen molar-refractivity contribution in [2.45, 2.75) is 18.8 Å². The zero-order valence-corrected chi connectivity index (χ0v) is 6.13. The van der Waals surface area contributed by atoms with Crippen LogP contribution in [-0.4, -0.2) is 33.1 Å². The molecule has 0 fully saturated rings. The SMILES string of the molecule is CC(O)(O[N+](=O)[O-])C(N)C(=O)O. The van der Waals surface area contributed by atoms with E-state index in [0.29, 0.717) is 0 Å². The Morgan fingerprint density at radius 1 is 1.83 bits per heavy atom. The van der Waals surface area contributed by atoms with Crippen LogP contribution in [0.25, 0.3) is 0 Å². The monoisotopic (exact) mass is 180 g/mol. The van der Waals surface area contributed by atoms with Crippen molar-refractivity contribution in [2.24, 2.45) is 5.73 Å². The summed E-state index contributed by atoms with van der Waals surface area (Å²) in [6.45, 7) is 0.786. The highest BCUT2D eigenvalue weighted by molar-refractivity contribution is 5.74. The number of carboxylic acids is 1. The Kier molecular flexibility index (Phi) is 2.93. The van der Waals surface area contributed by atoms with E-state index in [1.54, 1.807) is 0 Å². The van der Waals surface area contributed by atoms with Crippen molar-refractivity contribution in [1.29, 1.82) is 0 Å². The van der Waals surface area contributed by atoms with Crippen molar-refractivity contribution in [3.63, 3.8) is 0 Å². The van der Waals surface area contributed by atoms with Crippen LogP contribution in [-0.2, 0) is 9.63 Å². The summed E-state index contributed by atoms with van der Waals surface area (Å²) in [7, 11) is 0. The second kappa shape index (κ2) is 3.32. The normalized spacial score (nSPS) is 17.6. The van der Waals surface area contributed by atoms with E-state index in [2.05, 4.69) is 4.84 Å². The standard InChI is InChI=1S/C4H8N2O6/c1-4(9,12-6(10)11)2(5)3(7)8/h2,9H,5H2,1H3,(H,7,8). The number of carboxylic acid groups (broad SMARTS) is 1. The van der Waals surface area contributed by atoms with Gasteiger partial charge in [0.2, 0.25) is 5.79 Å². The van der Waals surface area contributed by atoms with E-state index >= 15 is 0 Å². The predicted octanol–water partition coefficient (Wildman–Crippen LogP) is -1.68. The first-order valence-electron chi connectivity index (χ1n) is 2.81. The minimum Gasteiger partial charge on any atom is -0.480 e. The molecule has 0 aromatic heterocycles. The van der Waals surface area contributed by atoms with Crippen LogP contribution in [0.4, 0.5) is 0 Å². The van der Waals surface area contributed by atoms with Gasteiger partial charge in [0.1, 0.15) is 0 Å². The van der Waals surface area contributed by atoms with Gasteiger partial charge in [0, 0.05) is 0 Å². The Bertz CT molecular complexity index is 202. The number of carbonyl (C=O) groups is 1. The summed E-state index contributed by atoms with van der Waals surface area (Å²) < 4.78 is 0. The first-order valence-corrected chi connectivity index (χ1v) is 2.81. The lowest BCUT2D eigenvalue weighted by Crippen LogP contribution is -2.53. The molecule has 0 aromatic carbocycles. The molecule has 12 heavy (non-hydrogen) atoms. The van der Waals surface area contributed by atoms with Gasteiger partial charge in [0.05, 0.1) is 0 Å². The third-order valence-electron chi connectivity index (χ3n) is 1.10. The van der Waals surface area contributed by atoms with Gasteiger partial charge in [0.15, 0.2) is 6.04 Å². The predicted molar refractivity (Wildman–Crippen MR) is 34.3 cm³/mol. The van der Waals surface area contributed by atoms with Crippen molar-refractivity contribution >= 4 is 5.97 Å². The molecular weight excluding hydrogens is 172 g/mol. The first kappa shape index (κ1) is 10.6. The largest absolute Gasteiger partial charge is 0.480 e. The quantitative estimate of drug-likeness (QED) is 0.267.